The zero-order valence-corrected chi connectivity index (χ0v) is 11.1. The lowest BCUT2D eigenvalue weighted by atomic mass is 9.96. The van der Waals surface area contributed by atoms with Gasteiger partial charge in [-0.15, -0.1) is 5.10 Å². The molecule has 6 nitrogen and oxygen atoms in total. The number of amidine groups is 1. The van der Waals surface area contributed by atoms with E-state index in [9.17, 15) is 14.7 Å². The quantitative estimate of drug-likeness (QED) is 0.447. The topological polar surface area (TPSA) is 93.9 Å². The fraction of sp³-hybridized carbons (Fsp3) is 0.500. The summed E-state index contributed by atoms with van der Waals surface area (Å²) < 4.78 is 0. The fourth-order valence-electron chi connectivity index (χ4n) is 1.87. The molecule has 2 rings (SSSR count). The maximum atomic E-state index is 11.4. The minimum Gasteiger partial charge on any atom is -0.550 e. The molecule has 0 saturated carbocycles. The van der Waals surface area contributed by atoms with Crippen molar-refractivity contribution in [3.63, 3.8) is 0 Å². The summed E-state index contributed by atoms with van der Waals surface area (Å²) in [6.45, 7) is 0. The number of nitrogens with one attached hydrogen (secondary N) is 1. The van der Waals surface area contributed by atoms with Crippen LogP contribution in [0.2, 0.25) is 0 Å². The van der Waals surface area contributed by atoms with E-state index in [-0.39, 0.29) is 12.3 Å². The zero-order valence-electron chi connectivity index (χ0n) is 10.2. The highest BCUT2D eigenvalue weighted by Crippen LogP contribution is 2.22. The van der Waals surface area contributed by atoms with Crippen LogP contribution in [0.5, 0.6) is 0 Å². The Labute approximate surface area is 115 Å². The van der Waals surface area contributed by atoms with E-state index in [2.05, 4.69) is 27.7 Å². The highest BCUT2D eigenvalue weighted by Gasteiger charge is 2.30. The van der Waals surface area contributed by atoms with E-state index in [1.807, 2.05) is 0 Å². The second-order valence-electron chi connectivity index (χ2n) is 4.39. The molecular formula is C12H14N3O3S-. The number of aliphatic carboxylic acids is 1. The standard InChI is InChI=1S/C12H15N3O3S/c16-10(17)6-9-11(18)14-12(19-9)15-13-7-8-4-2-1-3-5-8/h1-2,7-9H,3-6H2,(H,16,17)(H,14,15,18)/p-1/b13-7-/t8-,9-/m0/s1. The Morgan fingerprint density at radius 2 is 2.42 bits per heavy atom. The number of carbonyl (C=O) groups is 2. The molecule has 1 N–H and O–H groups in total. The highest BCUT2D eigenvalue weighted by atomic mass is 32.2. The van der Waals surface area contributed by atoms with Gasteiger partial charge in [0.25, 0.3) is 0 Å². The lowest BCUT2D eigenvalue weighted by molar-refractivity contribution is -0.305. The van der Waals surface area contributed by atoms with Crippen LogP contribution in [0.3, 0.4) is 0 Å². The van der Waals surface area contributed by atoms with Crippen LogP contribution in [-0.2, 0) is 9.59 Å². The highest BCUT2D eigenvalue weighted by molar-refractivity contribution is 8.15. The largest absolute Gasteiger partial charge is 0.550 e. The summed E-state index contributed by atoms with van der Waals surface area (Å²) in [5, 5.41) is 20.5. The molecule has 0 aromatic rings. The Morgan fingerprint density at radius 3 is 3.11 bits per heavy atom. The van der Waals surface area contributed by atoms with E-state index in [0.29, 0.717) is 11.1 Å². The van der Waals surface area contributed by atoms with E-state index in [1.54, 1.807) is 6.21 Å². The van der Waals surface area contributed by atoms with Gasteiger partial charge in [0.2, 0.25) is 5.91 Å². The van der Waals surface area contributed by atoms with Crippen molar-refractivity contribution >= 4 is 35.0 Å². The number of hydrogen-bond donors (Lipinski definition) is 1. The van der Waals surface area contributed by atoms with Crippen molar-refractivity contribution in [1.29, 1.82) is 0 Å². The molecule has 1 amide bonds. The average molecular weight is 280 g/mol. The van der Waals surface area contributed by atoms with Crippen LogP contribution in [-0.4, -0.2) is 28.5 Å². The first-order chi connectivity index (χ1) is 9.15. The number of carbonyl (C=O) groups excluding carboxylic acids is 2. The van der Waals surface area contributed by atoms with E-state index in [1.165, 1.54) is 0 Å². The maximum absolute atomic E-state index is 11.4. The second-order valence-corrected chi connectivity index (χ2v) is 5.58. The number of allylic oxidation sites excluding steroid dienone is 2. The minimum absolute atomic E-state index is 0.313. The second kappa shape index (κ2) is 6.51. The van der Waals surface area contributed by atoms with Gasteiger partial charge < -0.3 is 15.2 Å². The Kier molecular flexibility index (Phi) is 4.73. The van der Waals surface area contributed by atoms with Gasteiger partial charge in [0, 0.05) is 18.6 Å². The zero-order chi connectivity index (χ0) is 13.7. The van der Waals surface area contributed by atoms with Gasteiger partial charge in [-0.3, -0.25) is 4.79 Å². The molecule has 0 spiro atoms. The summed E-state index contributed by atoms with van der Waals surface area (Å²) in [7, 11) is 0. The number of thioether (sulfide) groups is 1. The smallest absolute Gasteiger partial charge is 0.239 e. The molecule has 0 radical (unpaired) electrons. The first-order valence-electron chi connectivity index (χ1n) is 6.08. The van der Waals surface area contributed by atoms with Crippen molar-refractivity contribution in [2.45, 2.75) is 30.9 Å². The SMILES string of the molecule is O=C([O-])C[C@@H]1S/C(=N/N=C\[C@H]2CC=CCC2)NC1=O. The number of carboxylic acid groups (broad SMARTS) is 1. The van der Waals surface area contributed by atoms with E-state index < -0.39 is 11.2 Å². The summed E-state index contributed by atoms with van der Waals surface area (Å²) in [5.41, 5.74) is 0. The van der Waals surface area contributed by atoms with Gasteiger partial charge in [0.1, 0.15) is 0 Å². The van der Waals surface area contributed by atoms with Crippen molar-refractivity contribution in [1.82, 2.24) is 5.32 Å². The number of nitrogens with zero attached hydrogens (tertiary/aromatic N) is 2. The Hall–Kier alpha value is -1.63. The lowest BCUT2D eigenvalue weighted by Crippen LogP contribution is -2.31. The van der Waals surface area contributed by atoms with Crippen LogP contribution < -0.4 is 10.4 Å². The number of carboxylic acids is 1. The predicted octanol–water partition coefficient (Wildman–Crippen LogP) is 0.0561. The van der Waals surface area contributed by atoms with Crippen molar-refractivity contribution in [2.24, 2.45) is 16.1 Å². The molecule has 0 aromatic heterocycles. The summed E-state index contributed by atoms with van der Waals surface area (Å²) in [4.78, 5) is 21.9. The lowest BCUT2D eigenvalue weighted by Gasteiger charge is -2.10. The summed E-state index contributed by atoms with van der Waals surface area (Å²) in [5.74, 6) is -1.22. The summed E-state index contributed by atoms with van der Waals surface area (Å²) >= 11 is 1.07. The molecule has 2 aliphatic rings. The molecule has 0 aromatic carbocycles. The van der Waals surface area contributed by atoms with E-state index in [4.69, 9.17) is 0 Å². The fourth-order valence-corrected chi connectivity index (χ4v) is 2.78. The predicted molar refractivity (Wildman–Crippen MR) is 71.6 cm³/mol. The van der Waals surface area contributed by atoms with Crippen molar-refractivity contribution < 1.29 is 14.7 Å². The van der Waals surface area contributed by atoms with Crippen molar-refractivity contribution in [3.05, 3.63) is 12.2 Å². The normalized spacial score (nSPS) is 29.1. The third kappa shape index (κ3) is 4.20. The molecule has 2 atom stereocenters. The Bertz CT molecular complexity index is 459. The van der Waals surface area contributed by atoms with Crippen LogP contribution in [0.4, 0.5) is 0 Å². The van der Waals surface area contributed by atoms with E-state index >= 15 is 0 Å². The average Bonchev–Trinajstić information content (AvgIpc) is 2.70. The molecular weight excluding hydrogens is 266 g/mol. The van der Waals surface area contributed by atoms with Crippen LogP contribution in [0, 0.1) is 5.92 Å². The number of rotatable bonds is 4. The van der Waals surface area contributed by atoms with Gasteiger partial charge in [-0.25, -0.2) is 0 Å². The third-order valence-electron chi connectivity index (χ3n) is 2.86. The molecule has 19 heavy (non-hydrogen) atoms. The molecule has 102 valence electrons. The third-order valence-corrected chi connectivity index (χ3v) is 3.94. The molecule has 1 aliphatic carbocycles. The number of hydrogen-bond acceptors (Lipinski definition) is 6. The first kappa shape index (κ1) is 13.8. The van der Waals surface area contributed by atoms with Crippen molar-refractivity contribution in [2.75, 3.05) is 0 Å². The molecule has 0 bridgehead atoms. The van der Waals surface area contributed by atoms with Crippen LogP contribution >= 0.6 is 11.8 Å². The summed E-state index contributed by atoms with van der Waals surface area (Å²) in [6, 6.07) is 0. The van der Waals surface area contributed by atoms with Crippen LogP contribution in [0.15, 0.2) is 22.4 Å². The molecule has 1 aliphatic heterocycles. The monoisotopic (exact) mass is 280 g/mol. The molecule has 7 heteroatoms. The van der Waals surface area contributed by atoms with Gasteiger partial charge in [-0.1, -0.05) is 23.9 Å². The van der Waals surface area contributed by atoms with E-state index in [0.717, 1.165) is 31.0 Å². The Balaban J connectivity index is 1.87. The molecule has 1 saturated heterocycles. The van der Waals surface area contributed by atoms with Gasteiger partial charge in [-0.2, -0.15) is 5.10 Å². The van der Waals surface area contributed by atoms with Gasteiger partial charge in [0.05, 0.1) is 5.25 Å². The minimum atomic E-state index is -1.24. The van der Waals surface area contributed by atoms with Crippen LogP contribution in [0.1, 0.15) is 25.7 Å². The van der Waals surface area contributed by atoms with Gasteiger partial charge in [0.15, 0.2) is 5.17 Å². The molecule has 1 heterocycles. The van der Waals surface area contributed by atoms with Gasteiger partial charge >= 0.3 is 0 Å². The number of amides is 1. The van der Waals surface area contributed by atoms with Gasteiger partial charge in [-0.05, 0) is 25.2 Å². The summed E-state index contributed by atoms with van der Waals surface area (Å²) in [6.07, 6.45) is 8.79. The first-order valence-corrected chi connectivity index (χ1v) is 6.96. The molecule has 1 fully saturated rings. The van der Waals surface area contributed by atoms with Crippen molar-refractivity contribution in [3.8, 4) is 0 Å². The molecule has 0 unspecified atom stereocenters. The van der Waals surface area contributed by atoms with Crippen LogP contribution in [0.25, 0.3) is 0 Å². The Morgan fingerprint density at radius 1 is 1.58 bits per heavy atom. The maximum Gasteiger partial charge on any atom is 0.239 e.